The second kappa shape index (κ2) is 5.66. The lowest BCUT2D eigenvalue weighted by atomic mass is 10.0. The fourth-order valence-electron chi connectivity index (χ4n) is 2.23. The van der Waals surface area contributed by atoms with Crippen molar-refractivity contribution in [3.63, 3.8) is 0 Å². The van der Waals surface area contributed by atoms with Crippen molar-refractivity contribution in [3.8, 4) is 22.5 Å². The van der Waals surface area contributed by atoms with Crippen molar-refractivity contribution in [2.24, 2.45) is 0 Å². The van der Waals surface area contributed by atoms with Gasteiger partial charge in [-0.25, -0.2) is 0 Å². The minimum absolute atomic E-state index is 0.380. The highest BCUT2D eigenvalue weighted by Crippen LogP contribution is 2.42. The number of hydrogen-bond donors (Lipinski definition) is 1. The number of aromatic nitrogens is 1. The van der Waals surface area contributed by atoms with Gasteiger partial charge in [0.25, 0.3) is 0 Å². The SMILES string of the molecule is Cc1cccc(-c2onc(N)c2-c2ccccc2Br)c1Br. The lowest BCUT2D eigenvalue weighted by Crippen LogP contribution is -1.90. The highest BCUT2D eigenvalue weighted by Gasteiger charge is 2.21. The maximum Gasteiger partial charge on any atom is 0.178 e. The van der Waals surface area contributed by atoms with E-state index in [1.54, 1.807) is 0 Å². The van der Waals surface area contributed by atoms with Crippen molar-refractivity contribution in [1.29, 1.82) is 0 Å². The second-order valence-corrected chi connectivity index (χ2v) is 6.34. The molecular weight excluding hydrogens is 396 g/mol. The minimum Gasteiger partial charge on any atom is -0.380 e. The maximum absolute atomic E-state index is 6.03. The zero-order valence-electron chi connectivity index (χ0n) is 11.2. The van der Waals surface area contributed by atoms with Gasteiger partial charge in [-0.15, -0.1) is 0 Å². The molecule has 0 saturated heterocycles. The molecule has 106 valence electrons. The predicted molar refractivity (Wildman–Crippen MR) is 91.9 cm³/mol. The molecule has 0 atom stereocenters. The van der Waals surface area contributed by atoms with Crippen LogP contribution >= 0.6 is 31.9 Å². The number of anilines is 1. The molecule has 0 aliphatic carbocycles. The zero-order valence-corrected chi connectivity index (χ0v) is 14.4. The Bertz CT molecular complexity index is 812. The first-order valence-corrected chi connectivity index (χ1v) is 7.93. The van der Waals surface area contributed by atoms with E-state index in [4.69, 9.17) is 10.3 Å². The first-order chi connectivity index (χ1) is 10.1. The van der Waals surface area contributed by atoms with Crippen LogP contribution in [0.25, 0.3) is 22.5 Å². The van der Waals surface area contributed by atoms with Crippen molar-refractivity contribution < 1.29 is 4.52 Å². The number of hydrogen-bond acceptors (Lipinski definition) is 3. The van der Waals surface area contributed by atoms with Crippen molar-refractivity contribution in [2.75, 3.05) is 5.73 Å². The van der Waals surface area contributed by atoms with Gasteiger partial charge in [0, 0.05) is 20.1 Å². The topological polar surface area (TPSA) is 52.0 Å². The molecule has 1 heterocycles. The fourth-order valence-corrected chi connectivity index (χ4v) is 3.16. The van der Waals surface area contributed by atoms with E-state index >= 15 is 0 Å². The Labute approximate surface area is 139 Å². The summed E-state index contributed by atoms with van der Waals surface area (Å²) in [6.45, 7) is 2.03. The van der Waals surface area contributed by atoms with Gasteiger partial charge in [-0.3, -0.25) is 0 Å². The standard InChI is InChI=1S/C16H12Br2N2O/c1-9-5-4-7-11(14(9)18)15-13(16(19)20-21-15)10-6-2-3-8-12(10)17/h2-8H,1H3,(H2,19,20). The highest BCUT2D eigenvalue weighted by atomic mass is 79.9. The number of nitrogen functional groups attached to an aromatic ring is 1. The van der Waals surface area contributed by atoms with Crippen LogP contribution in [-0.2, 0) is 0 Å². The van der Waals surface area contributed by atoms with Gasteiger partial charge >= 0.3 is 0 Å². The Balaban J connectivity index is 2.28. The Kier molecular flexibility index (Phi) is 3.87. The van der Waals surface area contributed by atoms with Gasteiger partial charge in [0.1, 0.15) is 0 Å². The number of aryl methyl sites for hydroxylation is 1. The number of rotatable bonds is 2. The maximum atomic E-state index is 6.03. The molecule has 0 bridgehead atoms. The van der Waals surface area contributed by atoms with Crippen LogP contribution in [0.15, 0.2) is 55.9 Å². The summed E-state index contributed by atoms with van der Waals surface area (Å²) < 4.78 is 7.43. The van der Waals surface area contributed by atoms with Crippen molar-refractivity contribution in [1.82, 2.24) is 5.16 Å². The van der Waals surface area contributed by atoms with E-state index in [1.807, 2.05) is 49.4 Å². The molecule has 3 nitrogen and oxygen atoms in total. The molecule has 2 aromatic carbocycles. The minimum atomic E-state index is 0.380. The van der Waals surface area contributed by atoms with Crippen LogP contribution in [0.3, 0.4) is 0 Å². The molecular formula is C16H12Br2N2O. The normalized spacial score (nSPS) is 10.8. The second-order valence-electron chi connectivity index (χ2n) is 4.69. The lowest BCUT2D eigenvalue weighted by molar-refractivity contribution is 0.436. The number of halogens is 2. The summed E-state index contributed by atoms with van der Waals surface area (Å²) >= 11 is 7.17. The molecule has 0 radical (unpaired) electrons. The van der Waals surface area contributed by atoms with E-state index < -0.39 is 0 Å². The van der Waals surface area contributed by atoms with Crippen LogP contribution in [0, 0.1) is 6.92 Å². The molecule has 0 aliphatic rings. The summed E-state index contributed by atoms with van der Waals surface area (Å²) in [4.78, 5) is 0. The van der Waals surface area contributed by atoms with Crippen molar-refractivity contribution in [3.05, 3.63) is 57.0 Å². The summed E-state index contributed by atoms with van der Waals surface area (Å²) in [6, 6.07) is 13.9. The van der Waals surface area contributed by atoms with E-state index in [0.717, 1.165) is 31.2 Å². The summed E-state index contributed by atoms with van der Waals surface area (Å²) in [7, 11) is 0. The van der Waals surface area contributed by atoms with E-state index in [1.165, 1.54) is 0 Å². The largest absolute Gasteiger partial charge is 0.380 e. The molecule has 3 aromatic rings. The third-order valence-corrected chi connectivity index (χ3v) is 5.04. The summed E-state index contributed by atoms with van der Waals surface area (Å²) in [5.41, 5.74) is 9.85. The smallest absolute Gasteiger partial charge is 0.178 e. The molecule has 0 fully saturated rings. The van der Waals surface area contributed by atoms with Crippen molar-refractivity contribution >= 4 is 37.7 Å². The van der Waals surface area contributed by atoms with E-state index in [0.29, 0.717) is 11.6 Å². The van der Waals surface area contributed by atoms with Gasteiger partial charge in [-0.1, -0.05) is 51.4 Å². The van der Waals surface area contributed by atoms with Gasteiger partial charge in [0.05, 0.1) is 5.56 Å². The molecule has 0 spiro atoms. The quantitative estimate of drug-likeness (QED) is 0.616. The zero-order chi connectivity index (χ0) is 15.0. The highest BCUT2D eigenvalue weighted by molar-refractivity contribution is 9.11. The van der Waals surface area contributed by atoms with Crippen LogP contribution in [-0.4, -0.2) is 5.16 Å². The number of nitrogens with two attached hydrogens (primary N) is 1. The van der Waals surface area contributed by atoms with E-state index in [-0.39, 0.29) is 0 Å². The molecule has 0 amide bonds. The molecule has 0 aliphatic heterocycles. The number of nitrogens with zero attached hydrogens (tertiary/aromatic N) is 1. The van der Waals surface area contributed by atoms with E-state index in [2.05, 4.69) is 37.0 Å². The molecule has 3 rings (SSSR count). The Morgan fingerprint density at radius 3 is 2.48 bits per heavy atom. The third-order valence-electron chi connectivity index (χ3n) is 3.30. The first-order valence-electron chi connectivity index (χ1n) is 6.35. The number of benzene rings is 2. The van der Waals surface area contributed by atoms with Crippen LogP contribution < -0.4 is 5.73 Å². The molecule has 0 saturated carbocycles. The van der Waals surface area contributed by atoms with Gasteiger partial charge in [0.15, 0.2) is 11.6 Å². The van der Waals surface area contributed by atoms with Gasteiger partial charge < -0.3 is 10.3 Å². The van der Waals surface area contributed by atoms with Crippen LogP contribution in [0.5, 0.6) is 0 Å². The first kappa shape index (κ1) is 14.4. The monoisotopic (exact) mass is 406 g/mol. The average molecular weight is 408 g/mol. The molecule has 21 heavy (non-hydrogen) atoms. The van der Waals surface area contributed by atoms with E-state index in [9.17, 15) is 0 Å². The summed E-state index contributed by atoms with van der Waals surface area (Å²) in [6.07, 6.45) is 0. The molecule has 1 aromatic heterocycles. The predicted octanol–water partition coefficient (Wildman–Crippen LogP) is 5.42. The Hall–Kier alpha value is -1.59. The van der Waals surface area contributed by atoms with Crippen LogP contribution in [0.1, 0.15) is 5.56 Å². The average Bonchev–Trinajstić information content (AvgIpc) is 2.84. The van der Waals surface area contributed by atoms with Gasteiger partial charge in [-0.05, 0) is 40.5 Å². The lowest BCUT2D eigenvalue weighted by Gasteiger charge is -2.08. The summed E-state index contributed by atoms with van der Waals surface area (Å²) in [5, 5.41) is 3.94. The van der Waals surface area contributed by atoms with Gasteiger partial charge in [0.2, 0.25) is 0 Å². The van der Waals surface area contributed by atoms with Gasteiger partial charge in [-0.2, -0.15) is 0 Å². The molecule has 2 N–H and O–H groups in total. The third kappa shape index (κ3) is 2.51. The summed E-state index contributed by atoms with van der Waals surface area (Å²) in [5.74, 6) is 1.04. The van der Waals surface area contributed by atoms with Crippen LogP contribution in [0.4, 0.5) is 5.82 Å². The molecule has 0 unspecified atom stereocenters. The van der Waals surface area contributed by atoms with Crippen LogP contribution in [0.2, 0.25) is 0 Å². The molecule has 5 heteroatoms. The Morgan fingerprint density at radius 2 is 1.71 bits per heavy atom. The fraction of sp³-hybridized carbons (Fsp3) is 0.0625. The Morgan fingerprint density at radius 1 is 1.00 bits per heavy atom. The van der Waals surface area contributed by atoms with Crippen molar-refractivity contribution in [2.45, 2.75) is 6.92 Å².